The summed E-state index contributed by atoms with van der Waals surface area (Å²) >= 11 is 3.94. The fourth-order valence-electron chi connectivity index (χ4n) is 0.600. The lowest BCUT2D eigenvalue weighted by atomic mass is 10.5. The van der Waals surface area contributed by atoms with E-state index in [1.54, 1.807) is 0 Å². The smallest absolute Gasteiger partial charge is 0.321 e. The van der Waals surface area contributed by atoms with E-state index >= 15 is 0 Å². The molecule has 0 N–H and O–H groups in total. The zero-order valence-corrected chi connectivity index (χ0v) is 6.45. The van der Waals surface area contributed by atoms with Gasteiger partial charge < -0.3 is 4.74 Å². The van der Waals surface area contributed by atoms with Crippen LogP contribution in [0.25, 0.3) is 0 Å². The summed E-state index contributed by atoms with van der Waals surface area (Å²) in [5.74, 6) is -0.164. The molecule has 0 aromatic rings. The van der Waals surface area contributed by atoms with Crippen LogP contribution in [0.4, 0.5) is 0 Å². The molecule has 1 rings (SSSR count). The third kappa shape index (κ3) is 2.08. The van der Waals surface area contributed by atoms with Gasteiger partial charge in [0.2, 0.25) is 0 Å². The predicted molar refractivity (Wildman–Crippen MR) is 39.1 cm³/mol. The van der Waals surface area contributed by atoms with E-state index in [2.05, 4.69) is 16.4 Å². The zero-order valence-electron chi connectivity index (χ0n) is 4.74. The van der Waals surface area contributed by atoms with Crippen molar-refractivity contribution < 1.29 is 9.53 Å². The van der Waals surface area contributed by atoms with E-state index in [9.17, 15) is 4.79 Å². The Labute approximate surface area is 62.7 Å². The summed E-state index contributed by atoms with van der Waals surface area (Å²) in [6.45, 7) is 1.63. The highest BCUT2D eigenvalue weighted by molar-refractivity contribution is 8.67. The van der Waals surface area contributed by atoms with Crippen molar-refractivity contribution >= 4 is 28.6 Å². The number of thiol groups is 1. The molecule has 1 fully saturated rings. The van der Waals surface area contributed by atoms with E-state index in [-0.39, 0.29) is 5.97 Å². The highest BCUT2D eigenvalue weighted by Crippen LogP contribution is 2.14. The normalized spacial score (nSPS) is 21.7. The second-order valence-electron chi connectivity index (χ2n) is 1.67. The zero-order chi connectivity index (χ0) is 6.69. The minimum atomic E-state index is -0.164. The molecule has 5 heteroatoms. The van der Waals surface area contributed by atoms with Gasteiger partial charge >= 0.3 is 5.97 Å². The van der Waals surface area contributed by atoms with E-state index in [4.69, 9.17) is 0 Å². The summed E-state index contributed by atoms with van der Waals surface area (Å²) in [6, 6.07) is 0. The summed E-state index contributed by atoms with van der Waals surface area (Å²) in [5, 5.41) is 0. The van der Waals surface area contributed by atoms with Crippen LogP contribution in [-0.2, 0) is 9.53 Å². The summed E-state index contributed by atoms with van der Waals surface area (Å²) in [7, 11) is 1.28. The molecule has 0 aromatic heterocycles. The average molecular weight is 165 g/mol. The quantitative estimate of drug-likeness (QED) is 0.262. The van der Waals surface area contributed by atoms with Crippen LogP contribution < -0.4 is 0 Å². The Kier molecular flexibility index (Phi) is 2.68. The van der Waals surface area contributed by atoms with Crippen molar-refractivity contribution in [1.82, 2.24) is 4.31 Å². The topological polar surface area (TPSA) is 29.5 Å². The number of carbonyl (C=O) groups excluding carboxylic acids is 1. The minimum absolute atomic E-state index is 0.164. The van der Waals surface area contributed by atoms with Crippen LogP contribution in [0, 0.1) is 0 Å². The van der Waals surface area contributed by atoms with Gasteiger partial charge in [-0.05, 0) is 11.0 Å². The van der Waals surface area contributed by atoms with E-state index in [1.807, 2.05) is 4.31 Å². The lowest BCUT2D eigenvalue weighted by Gasteiger charge is -2.21. The first kappa shape index (κ1) is 7.24. The first-order chi connectivity index (χ1) is 4.33. The van der Waals surface area contributed by atoms with Gasteiger partial charge in [-0.3, -0.25) is 4.79 Å². The molecule has 0 aromatic carbocycles. The standard InChI is InChI=1S/C4H7NO2S2/c6-4-3-5(9-8)1-2-7-4/h8H,1-3H2. The number of ether oxygens (including phenoxy) is 1. The number of carbonyl (C=O) groups is 1. The number of morpholine rings is 1. The van der Waals surface area contributed by atoms with Gasteiger partial charge in [0.05, 0.1) is 0 Å². The van der Waals surface area contributed by atoms with Crippen molar-refractivity contribution in [2.75, 3.05) is 19.7 Å². The van der Waals surface area contributed by atoms with Crippen molar-refractivity contribution in [3.8, 4) is 0 Å². The molecule has 3 nitrogen and oxygen atoms in total. The van der Waals surface area contributed by atoms with Crippen LogP contribution in [0.2, 0.25) is 0 Å². The van der Waals surface area contributed by atoms with Gasteiger partial charge in [-0.15, -0.1) is 0 Å². The second-order valence-corrected chi connectivity index (χ2v) is 2.84. The van der Waals surface area contributed by atoms with Gasteiger partial charge in [-0.1, -0.05) is 11.7 Å². The maximum atomic E-state index is 10.5. The molecule has 1 saturated heterocycles. The van der Waals surface area contributed by atoms with Gasteiger partial charge in [0.25, 0.3) is 0 Å². The fraction of sp³-hybridized carbons (Fsp3) is 0.750. The van der Waals surface area contributed by atoms with Crippen LogP contribution in [0.1, 0.15) is 0 Å². The third-order valence-electron chi connectivity index (χ3n) is 1.02. The van der Waals surface area contributed by atoms with Crippen LogP contribution in [0.5, 0.6) is 0 Å². The Morgan fingerprint density at radius 1 is 1.78 bits per heavy atom. The molecule has 9 heavy (non-hydrogen) atoms. The van der Waals surface area contributed by atoms with Gasteiger partial charge in [0, 0.05) is 6.54 Å². The summed E-state index contributed by atoms with van der Waals surface area (Å²) in [5.41, 5.74) is 0. The Bertz CT molecular complexity index is 119. The second kappa shape index (κ2) is 3.34. The molecule has 0 radical (unpaired) electrons. The highest BCUT2D eigenvalue weighted by atomic mass is 33.1. The molecule has 0 unspecified atom stereocenters. The molecule has 1 aliphatic rings. The number of rotatable bonds is 1. The van der Waals surface area contributed by atoms with E-state index in [0.29, 0.717) is 13.2 Å². The first-order valence-corrected chi connectivity index (χ1v) is 4.37. The number of nitrogens with zero attached hydrogens (tertiary/aromatic N) is 1. The number of esters is 1. The van der Waals surface area contributed by atoms with Crippen molar-refractivity contribution in [2.24, 2.45) is 0 Å². The molecule has 0 saturated carbocycles. The van der Waals surface area contributed by atoms with E-state index in [0.717, 1.165) is 6.54 Å². The van der Waals surface area contributed by atoms with Crippen LogP contribution in [0.3, 0.4) is 0 Å². The largest absolute Gasteiger partial charge is 0.463 e. The Hall–Kier alpha value is 0.130. The summed E-state index contributed by atoms with van der Waals surface area (Å²) in [6.07, 6.45) is 0. The number of hydrogen-bond donors (Lipinski definition) is 1. The maximum Gasteiger partial charge on any atom is 0.321 e. The Morgan fingerprint density at radius 3 is 3.00 bits per heavy atom. The predicted octanol–water partition coefficient (Wildman–Crippen LogP) is 0.338. The van der Waals surface area contributed by atoms with Gasteiger partial charge in [-0.25, -0.2) is 4.31 Å². The molecular formula is C4H7NO2S2. The third-order valence-corrected chi connectivity index (χ3v) is 2.26. The van der Waals surface area contributed by atoms with Crippen molar-refractivity contribution in [3.05, 3.63) is 0 Å². The van der Waals surface area contributed by atoms with Gasteiger partial charge in [0.1, 0.15) is 13.2 Å². The fourth-order valence-corrected chi connectivity index (χ4v) is 1.34. The highest BCUT2D eigenvalue weighted by Gasteiger charge is 2.16. The molecule has 52 valence electrons. The van der Waals surface area contributed by atoms with Crippen LogP contribution in [0.15, 0.2) is 0 Å². The number of hydrogen-bond acceptors (Lipinski definition) is 5. The summed E-state index contributed by atoms with van der Waals surface area (Å²) < 4.78 is 6.52. The monoisotopic (exact) mass is 165 g/mol. The van der Waals surface area contributed by atoms with Crippen molar-refractivity contribution in [2.45, 2.75) is 0 Å². The maximum absolute atomic E-state index is 10.5. The molecule has 1 heterocycles. The van der Waals surface area contributed by atoms with Crippen LogP contribution >= 0.6 is 22.6 Å². The average Bonchev–Trinajstić information content (AvgIpc) is 1.88. The summed E-state index contributed by atoms with van der Waals surface area (Å²) in [4.78, 5) is 10.5. The van der Waals surface area contributed by atoms with Crippen LogP contribution in [-0.4, -0.2) is 30.0 Å². The molecule has 0 atom stereocenters. The van der Waals surface area contributed by atoms with E-state index in [1.165, 1.54) is 11.0 Å². The van der Waals surface area contributed by atoms with Crippen molar-refractivity contribution in [1.29, 1.82) is 0 Å². The van der Waals surface area contributed by atoms with Crippen molar-refractivity contribution in [3.63, 3.8) is 0 Å². The van der Waals surface area contributed by atoms with E-state index < -0.39 is 0 Å². The lowest BCUT2D eigenvalue weighted by molar-refractivity contribution is -0.147. The van der Waals surface area contributed by atoms with Gasteiger partial charge in [-0.2, -0.15) is 0 Å². The molecule has 1 aliphatic heterocycles. The van der Waals surface area contributed by atoms with Gasteiger partial charge in [0.15, 0.2) is 0 Å². The molecular weight excluding hydrogens is 158 g/mol. The molecule has 0 spiro atoms. The molecule has 0 aliphatic carbocycles. The lowest BCUT2D eigenvalue weighted by Crippen LogP contribution is -2.34. The Morgan fingerprint density at radius 2 is 2.56 bits per heavy atom. The minimum Gasteiger partial charge on any atom is -0.463 e. The molecule has 0 bridgehead atoms. The first-order valence-electron chi connectivity index (χ1n) is 2.55. The SMILES string of the molecule is O=C1CN(SS)CCO1. The molecule has 0 amide bonds. The Balaban J connectivity index is 2.32. The number of cyclic esters (lactones) is 1.